The van der Waals surface area contributed by atoms with Crippen LogP contribution in [0.1, 0.15) is 43.2 Å². The normalized spacial score (nSPS) is 19.9. The molecule has 1 heterocycles. The highest BCUT2D eigenvalue weighted by molar-refractivity contribution is 6.32. The zero-order chi connectivity index (χ0) is 15.2. The van der Waals surface area contributed by atoms with Gasteiger partial charge in [-0.3, -0.25) is 0 Å². The Morgan fingerprint density at radius 2 is 2.14 bits per heavy atom. The number of aliphatic hydroxyl groups is 1. The minimum atomic E-state index is -0.442. The number of aromatic nitrogens is 1. The molecule has 1 aliphatic carbocycles. The van der Waals surface area contributed by atoms with E-state index in [1.807, 2.05) is 16.8 Å². The fourth-order valence-electron chi connectivity index (χ4n) is 3.12. The summed E-state index contributed by atoms with van der Waals surface area (Å²) in [6.45, 7) is 4.31. The summed E-state index contributed by atoms with van der Waals surface area (Å²) >= 11 is 6.30. The van der Waals surface area contributed by atoms with E-state index in [-0.39, 0.29) is 5.41 Å². The number of nitrogens with zero attached hydrogens (tertiary/aromatic N) is 2. The largest absolute Gasteiger partial charge is 0.388 e. The van der Waals surface area contributed by atoms with Crippen LogP contribution in [0, 0.1) is 16.7 Å². The molecule has 1 atom stereocenters. The molecule has 0 radical (unpaired) electrons. The van der Waals surface area contributed by atoms with Gasteiger partial charge in [-0.25, -0.2) is 0 Å². The molecule has 21 heavy (non-hydrogen) atoms. The van der Waals surface area contributed by atoms with Gasteiger partial charge in [0, 0.05) is 17.5 Å². The van der Waals surface area contributed by atoms with E-state index >= 15 is 0 Å². The molecule has 0 spiro atoms. The Bertz CT molecular complexity index is 740. The van der Waals surface area contributed by atoms with Gasteiger partial charge < -0.3 is 9.67 Å². The first-order valence-electron chi connectivity index (χ1n) is 6.99. The molecular weight excluding hydrogens is 284 g/mol. The summed E-state index contributed by atoms with van der Waals surface area (Å²) in [5, 5.41) is 20.0. The first-order valence-corrected chi connectivity index (χ1v) is 7.37. The Kier molecular flexibility index (Phi) is 3.32. The highest BCUT2D eigenvalue weighted by Crippen LogP contribution is 2.42. The molecule has 3 rings (SSSR count). The molecule has 3 nitrogen and oxygen atoms in total. The van der Waals surface area contributed by atoms with Crippen LogP contribution in [0.25, 0.3) is 5.69 Å². The van der Waals surface area contributed by atoms with Gasteiger partial charge in [0.2, 0.25) is 0 Å². The Morgan fingerprint density at radius 1 is 1.38 bits per heavy atom. The minimum absolute atomic E-state index is 0.0435. The molecule has 1 aromatic heterocycles. The van der Waals surface area contributed by atoms with E-state index in [2.05, 4.69) is 19.9 Å². The van der Waals surface area contributed by atoms with Crippen LogP contribution in [0.5, 0.6) is 0 Å². The summed E-state index contributed by atoms with van der Waals surface area (Å²) in [5.74, 6) is 0. The number of hydrogen-bond acceptors (Lipinski definition) is 2. The summed E-state index contributed by atoms with van der Waals surface area (Å²) in [4.78, 5) is 0. The number of halogens is 1. The van der Waals surface area contributed by atoms with Crippen molar-refractivity contribution < 1.29 is 5.11 Å². The number of hydrogen-bond donors (Lipinski definition) is 1. The second-order valence-corrected chi connectivity index (χ2v) is 6.83. The lowest BCUT2D eigenvalue weighted by Gasteiger charge is -2.34. The molecule has 1 aliphatic rings. The molecule has 0 saturated carbocycles. The van der Waals surface area contributed by atoms with E-state index in [1.54, 1.807) is 18.2 Å². The van der Waals surface area contributed by atoms with Crippen LogP contribution in [-0.2, 0) is 6.42 Å². The highest BCUT2D eigenvalue weighted by Gasteiger charge is 2.33. The Balaban J connectivity index is 2.16. The molecule has 1 unspecified atom stereocenters. The smallest absolute Gasteiger partial charge is 0.0992 e. The van der Waals surface area contributed by atoms with Crippen molar-refractivity contribution >= 4 is 11.6 Å². The van der Waals surface area contributed by atoms with Crippen LogP contribution in [0.15, 0.2) is 30.5 Å². The Morgan fingerprint density at radius 3 is 2.86 bits per heavy atom. The maximum Gasteiger partial charge on any atom is 0.0992 e. The predicted molar refractivity (Wildman–Crippen MR) is 82.6 cm³/mol. The van der Waals surface area contributed by atoms with Crippen LogP contribution < -0.4 is 0 Å². The fraction of sp³-hybridized carbons (Fsp3) is 0.353. The second kappa shape index (κ2) is 4.91. The molecule has 0 bridgehead atoms. The summed E-state index contributed by atoms with van der Waals surface area (Å²) in [6.07, 6.45) is 3.12. The zero-order valence-electron chi connectivity index (χ0n) is 12.1. The first-order chi connectivity index (χ1) is 9.91. The Labute approximate surface area is 129 Å². The van der Waals surface area contributed by atoms with E-state index in [9.17, 15) is 5.11 Å². The van der Waals surface area contributed by atoms with Gasteiger partial charge >= 0.3 is 0 Å². The van der Waals surface area contributed by atoms with E-state index < -0.39 is 6.10 Å². The molecule has 1 aromatic carbocycles. The summed E-state index contributed by atoms with van der Waals surface area (Å²) in [5.41, 5.74) is 3.46. The van der Waals surface area contributed by atoms with Crippen LogP contribution >= 0.6 is 11.6 Å². The molecule has 1 N–H and O–H groups in total. The third-order valence-corrected chi connectivity index (χ3v) is 4.43. The van der Waals surface area contributed by atoms with Crippen LogP contribution in [0.3, 0.4) is 0 Å². The Hall–Kier alpha value is -1.76. The van der Waals surface area contributed by atoms with Crippen molar-refractivity contribution in [3.05, 3.63) is 52.3 Å². The molecule has 0 amide bonds. The van der Waals surface area contributed by atoms with Crippen molar-refractivity contribution in [2.24, 2.45) is 5.41 Å². The van der Waals surface area contributed by atoms with Crippen LogP contribution in [-0.4, -0.2) is 9.67 Å². The van der Waals surface area contributed by atoms with Crippen molar-refractivity contribution in [3.8, 4) is 11.8 Å². The number of nitriles is 1. The van der Waals surface area contributed by atoms with E-state index in [1.165, 1.54) is 0 Å². The third kappa shape index (κ3) is 2.46. The molecule has 0 aliphatic heterocycles. The van der Waals surface area contributed by atoms with Crippen molar-refractivity contribution in [2.45, 2.75) is 32.8 Å². The number of aliphatic hydroxyl groups excluding tert-OH is 1. The van der Waals surface area contributed by atoms with Gasteiger partial charge in [-0.2, -0.15) is 5.26 Å². The lowest BCUT2D eigenvalue weighted by molar-refractivity contribution is 0.0987. The second-order valence-electron chi connectivity index (χ2n) is 6.43. The third-order valence-electron chi connectivity index (χ3n) is 4.11. The van der Waals surface area contributed by atoms with Gasteiger partial charge in [-0.05, 0) is 42.5 Å². The van der Waals surface area contributed by atoms with Gasteiger partial charge in [-0.15, -0.1) is 0 Å². The monoisotopic (exact) mass is 300 g/mol. The number of rotatable bonds is 1. The molecule has 108 valence electrons. The van der Waals surface area contributed by atoms with Crippen molar-refractivity contribution in [1.29, 1.82) is 5.26 Å². The molecule has 0 saturated heterocycles. The number of fused-ring (bicyclic) bond motifs is 1. The molecular formula is C17H17ClN2O. The summed E-state index contributed by atoms with van der Waals surface area (Å²) < 4.78 is 2.00. The molecule has 2 aromatic rings. The molecule has 0 fully saturated rings. The van der Waals surface area contributed by atoms with Crippen molar-refractivity contribution in [1.82, 2.24) is 4.57 Å². The average Bonchev–Trinajstić information content (AvgIpc) is 2.81. The zero-order valence-corrected chi connectivity index (χ0v) is 12.9. The topological polar surface area (TPSA) is 49.0 Å². The number of benzene rings is 1. The summed E-state index contributed by atoms with van der Waals surface area (Å²) in [7, 11) is 0. The van der Waals surface area contributed by atoms with E-state index in [0.29, 0.717) is 10.6 Å². The lowest BCUT2D eigenvalue weighted by atomic mass is 9.75. The first kappa shape index (κ1) is 14.2. The van der Waals surface area contributed by atoms with E-state index in [0.717, 1.165) is 29.8 Å². The summed E-state index contributed by atoms with van der Waals surface area (Å²) in [6, 6.07) is 9.33. The minimum Gasteiger partial charge on any atom is -0.388 e. The SMILES string of the molecule is CC1(C)Cc2c(ccn2-c2cc(C#N)ccc2Cl)C(O)C1. The standard InChI is InChI=1S/C17H17ClN2O/c1-17(2)8-15-12(16(21)9-17)5-6-20(15)14-7-11(10-19)3-4-13(14)18/h3-7,16,21H,8-9H2,1-2H3. The maximum atomic E-state index is 10.3. The molecule has 4 heteroatoms. The maximum absolute atomic E-state index is 10.3. The quantitative estimate of drug-likeness (QED) is 0.865. The highest BCUT2D eigenvalue weighted by atomic mass is 35.5. The van der Waals surface area contributed by atoms with E-state index in [4.69, 9.17) is 16.9 Å². The van der Waals surface area contributed by atoms with Gasteiger partial charge in [0.05, 0.1) is 28.4 Å². The fourth-order valence-corrected chi connectivity index (χ4v) is 3.33. The van der Waals surface area contributed by atoms with Gasteiger partial charge in [0.25, 0.3) is 0 Å². The lowest BCUT2D eigenvalue weighted by Crippen LogP contribution is -2.26. The van der Waals surface area contributed by atoms with Crippen LogP contribution in [0.2, 0.25) is 5.02 Å². The van der Waals surface area contributed by atoms with Crippen molar-refractivity contribution in [2.75, 3.05) is 0 Å². The van der Waals surface area contributed by atoms with Crippen molar-refractivity contribution in [3.63, 3.8) is 0 Å². The average molecular weight is 301 g/mol. The van der Waals surface area contributed by atoms with Gasteiger partial charge in [0.1, 0.15) is 0 Å². The predicted octanol–water partition coefficient (Wildman–Crippen LogP) is 4.01. The van der Waals surface area contributed by atoms with Gasteiger partial charge in [0.15, 0.2) is 0 Å². The van der Waals surface area contributed by atoms with Gasteiger partial charge in [-0.1, -0.05) is 25.4 Å². The van der Waals surface area contributed by atoms with Crippen LogP contribution in [0.4, 0.5) is 0 Å².